The van der Waals surface area contributed by atoms with Gasteiger partial charge >= 0.3 is 6.09 Å². The number of rotatable bonds is 5. The van der Waals surface area contributed by atoms with Crippen molar-refractivity contribution in [3.8, 4) is 0 Å². The summed E-state index contributed by atoms with van der Waals surface area (Å²) in [6, 6.07) is 0.105. The van der Waals surface area contributed by atoms with Gasteiger partial charge in [0.05, 0.1) is 0 Å². The van der Waals surface area contributed by atoms with Gasteiger partial charge in [0, 0.05) is 32.2 Å². The summed E-state index contributed by atoms with van der Waals surface area (Å²) >= 11 is 0. The molecule has 2 fully saturated rings. The van der Waals surface area contributed by atoms with Gasteiger partial charge in [0.1, 0.15) is 11.6 Å². The maximum absolute atomic E-state index is 13.2. The molecular formula is C21H40N4O3. The van der Waals surface area contributed by atoms with Gasteiger partial charge in [-0.25, -0.2) is 4.79 Å². The van der Waals surface area contributed by atoms with Crippen LogP contribution in [0.2, 0.25) is 0 Å². The average molecular weight is 397 g/mol. The normalized spacial score (nSPS) is 22.6. The van der Waals surface area contributed by atoms with Crippen LogP contribution in [0.25, 0.3) is 0 Å². The van der Waals surface area contributed by atoms with Crippen LogP contribution >= 0.6 is 0 Å². The van der Waals surface area contributed by atoms with Crippen LogP contribution in [0, 0.1) is 5.92 Å². The number of ether oxygens (including phenoxy) is 1. The van der Waals surface area contributed by atoms with Gasteiger partial charge in [-0.2, -0.15) is 0 Å². The number of likely N-dealkylation sites (tertiary alicyclic amines) is 1. The summed E-state index contributed by atoms with van der Waals surface area (Å²) < 4.78 is 5.37. The van der Waals surface area contributed by atoms with E-state index in [9.17, 15) is 9.59 Å². The van der Waals surface area contributed by atoms with Crippen molar-refractivity contribution in [3.05, 3.63) is 0 Å². The third-order valence-electron chi connectivity index (χ3n) is 5.98. The Morgan fingerprint density at radius 2 is 1.64 bits per heavy atom. The van der Waals surface area contributed by atoms with Crippen LogP contribution < -0.4 is 5.32 Å². The zero-order valence-electron chi connectivity index (χ0n) is 18.7. The van der Waals surface area contributed by atoms with Gasteiger partial charge in [-0.1, -0.05) is 20.3 Å². The molecule has 2 heterocycles. The minimum absolute atomic E-state index is 0.0169. The molecule has 2 saturated heterocycles. The summed E-state index contributed by atoms with van der Waals surface area (Å²) in [6.45, 7) is 15.1. The van der Waals surface area contributed by atoms with Gasteiger partial charge < -0.3 is 19.9 Å². The Bertz CT molecular complexity index is 518. The summed E-state index contributed by atoms with van der Waals surface area (Å²) in [5.41, 5.74) is -0.577. The van der Waals surface area contributed by atoms with E-state index in [1.807, 2.05) is 39.5 Å². The highest BCUT2D eigenvalue weighted by molar-refractivity contribution is 5.86. The van der Waals surface area contributed by atoms with Gasteiger partial charge in [0.25, 0.3) is 0 Å². The molecule has 162 valence electrons. The van der Waals surface area contributed by atoms with E-state index in [-0.39, 0.29) is 11.8 Å². The predicted molar refractivity (Wildman–Crippen MR) is 111 cm³/mol. The van der Waals surface area contributed by atoms with Crippen LogP contribution in [0.5, 0.6) is 0 Å². The lowest BCUT2D eigenvalue weighted by atomic mass is 9.97. The van der Waals surface area contributed by atoms with Gasteiger partial charge in [-0.05, 0) is 59.7 Å². The molecule has 2 aliphatic heterocycles. The number of amides is 2. The lowest BCUT2D eigenvalue weighted by molar-refractivity contribution is -0.137. The Kier molecular flexibility index (Phi) is 8.13. The van der Waals surface area contributed by atoms with Crippen LogP contribution in [-0.2, 0) is 9.53 Å². The molecule has 7 nitrogen and oxygen atoms in total. The van der Waals surface area contributed by atoms with Crippen LogP contribution in [-0.4, -0.2) is 90.7 Å². The second-order valence-corrected chi connectivity index (χ2v) is 9.41. The lowest BCUT2D eigenvalue weighted by Crippen LogP contribution is -2.58. The molecule has 2 aliphatic rings. The molecule has 1 N–H and O–H groups in total. The van der Waals surface area contributed by atoms with E-state index in [0.29, 0.717) is 6.04 Å². The second kappa shape index (κ2) is 9.92. The third-order valence-corrected chi connectivity index (χ3v) is 5.98. The number of piperidine rings is 1. The van der Waals surface area contributed by atoms with E-state index >= 15 is 0 Å². The number of alkyl carbamates (subject to hydrolysis) is 1. The van der Waals surface area contributed by atoms with Crippen LogP contribution in [0.1, 0.15) is 53.9 Å². The van der Waals surface area contributed by atoms with Gasteiger partial charge in [0.2, 0.25) is 5.91 Å². The first-order valence-corrected chi connectivity index (χ1v) is 10.8. The molecule has 0 bridgehead atoms. The Morgan fingerprint density at radius 1 is 1.07 bits per heavy atom. The van der Waals surface area contributed by atoms with Crippen molar-refractivity contribution < 1.29 is 14.3 Å². The predicted octanol–water partition coefficient (Wildman–Crippen LogP) is 2.16. The quantitative estimate of drug-likeness (QED) is 0.772. The molecular weight excluding hydrogens is 356 g/mol. The molecule has 2 amide bonds. The molecule has 2 atom stereocenters. The number of nitrogens with one attached hydrogen (secondary N) is 1. The van der Waals surface area contributed by atoms with E-state index in [0.717, 1.165) is 45.7 Å². The Hall–Kier alpha value is -1.34. The maximum atomic E-state index is 13.2. The third kappa shape index (κ3) is 6.62. The minimum atomic E-state index is -0.577. The van der Waals surface area contributed by atoms with Crippen molar-refractivity contribution in [1.29, 1.82) is 0 Å². The topological polar surface area (TPSA) is 65.1 Å². The van der Waals surface area contributed by atoms with E-state index < -0.39 is 17.7 Å². The molecule has 0 aromatic carbocycles. The highest BCUT2D eigenvalue weighted by atomic mass is 16.6. The molecule has 0 unspecified atom stereocenters. The average Bonchev–Trinajstić information content (AvgIpc) is 2.64. The van der Waals surface area contributed by atoms with E-state index in [2.05, 4.69) is 22.2 Å². The summed E-state index contributed by atoms with van der Waals surface area (Å²) in [6.07, 6.45) is 2.72. The van der Waals surface area contributed by atoms with Crippen LogP contribution in [0.4, 0.5) is 4.79 Å². The Labute approximate surface area is 170 Å². The SMILES string of the molecule is CC[C@@H](C)[C@@H](NC(=O)OC(C)(C)C)C(=O)N1CCN(C2CCN(C)CC2)CC1. The summed E-state index contributed by atoms with van der Waals surface area (Å²) in [7, 11) is 2.18. The summed E-state index contributed by atoms with van der Waals surface area (Å²) in [5, 5.41) is 2.83. The van der Waals surface area contributed by atoms with Crippen molar-refractivity contribution in [1.82, 2.24) is 20.0 Å². The van der Waals surface area contributed by atoms with Crippen LogP contribution in [0.15, 0.2) is 0 Å². The molecule has 0 saturated carbocycles. The van der Waals surface area contributed by atoms with Crippen molar-refractivity contribution in [3.63, 3.8) is 0 Å². The van der Waals surface area contributed by atoms with E-state index in [1.54, 1.807) is 0 Å². The molecule has 0 aromatic rings. The largest absolute Gasteiger partial charge is 0.444 e. The monoisotopic (exact) mass is 396 g/mol. The van der Waals surface area contributed by atoms with Crippen molar-refractivity contribution in [2.45, 2.75) is 71.6 Å². The smallest absolute Gasteiger partial charge is 0.408 e. The number of hydrogen-bond donors (Lipinski definition) is 1. The first kappa shape index (κ1) is 22.9. The fourth-order valence-corrected chi connectivity index (χ4v) is 3.98. The Balaban J connectivity index is 1.91. The van der Waals surface area contributed by atoms with E-state index in [4.69, 9.17) is 4.74 Å². The number of hydrogen-bond acceptors (Lipinski definition) is 5. The van der Waals surface area contributed by atoms with Gasteiger partial charge in [-0.3, -0.25) is 9.69 Å². The molecule has 0 spiro atoms. The fraction of sp³-hybridized carbons (Fsp3) is 0.905. The molecule has 0 radical (unpaired) electrons. The molecule has 28 heavy (non-hydrogen) atoms. The summed E-state index contributed by atoms with van der Waals surface area (Å²) in [4.78, 5) is 32.2. The number of piperazine rings is 1. The first-order valence-electron chi connectivity index (χ1n) is 10.8. The second-order valence-electron chi connectivity index (χ2n) is 9.41. The molecule has 2 rings (SSSR count). The zero-order valence-corrected chi connectivity index (χ0v) is 18.7. The molecule has 0 aromatic heterocycles. The fourth-order valence-electron chi connectivity index (χ4n) is 3.98. The highest BCUT2D eigenvalue weighted by Crippen LogP contribution is 2.19. The van der Waals surface area contributed by atoms with Crippen LogP contribution in [0.3, 0.4) is 0 Å². The highest BCUT2D eigenvalue weighted by Gasteiger charge is 2.34. The van der Waals surface area contributed by atoms with E-state index in [1.165, 1.54) is 12.8 Å². The van der Waals surface area contributed by atoms with Gasteiger partial charge in [0.15, 0.2) is 0 Å². The van der Waals surface area contributed by atoms with Crippen molar-refractivity contribution in [2.24, 2.45) is 5.92 Å². The number of carbonyl (C=O) groups excluding carboxylic acids is 2. The Morgan fingerprint density at radius 3 is 2.14 bits per heavy atom. The minimum Gasteiger partial charge on any atom is -0.444 e. The zero-order chi connectivity index (χ0) is 20.9. The number of carbonyl (C=O) groups is 2. The molecule has 7 heteroatoms. The standard InChI is InChI=1S/C21H40N4O3/c1-7-16(2)18(22-20(27)28-21(3,4)5)19(26)25-14-12-24(13-15-25)17-8-10-23(6)11-9-17/h16-18H,7-15H2,1-6H3,(H,22,27)/t16-,18-/m1/s1. The number of nitrogens with zero attached hydrogens (tertiary/aromatic N) is 3. The lowest BCUT2D eigenvalue weighted by Gasteiger charge is -2.43. The molecule has 0 aliphatic carbocycles. The van der Waals surface area contributed by atoms with Crippen molar-refractivity contribution in [2.75, 3.05) is 46.3 Å². The summed E-state index contributed by atoms with van der Waals surface area (Å²) in [5.74, 6) is 0.0789. The van der Waals surface area contributed by atoms with Crippen molar-refractivity contribution >= 4 is 12.0 Å². The first-order chi connectivity index (χ1) is 13.1. The van der Waals surface area contributed by atoms with Gasteiger partial charge in [-0.15, -0.1) is 0 Å². The maximum Gasteiger partial charge on any atom is 0.408 e.